The van der Waals surface area contributed by atoms with Crippen molar-refractivity contribution in [2.45, 2.75) is 69.2 Å². The van der Waals surface area contributed by atoms with Crippen LogP contribution in [0.25, 0.3) is 0 Å². The van der Waals surface area contributed by atoms with Gasteiger partial charge in [0, 0.05) is 35.0 Å². The Morgan fingerprint density at radius 3 is 3.06 bits per heavy atom. The van der Waals surface area contributed by atoms with E-state index in [1.54, 1.807) is 42.6 Å². The molecule has 3 unspecified atom stereocenters. The van der Waals surface area contributed by atoms with Crippen LogP contribution in [0.15, 0.2) is 29.6 Å². The molecule has 5 atom stereocenters. The van der Waals surface area contributed by atoms with Gasteiger partial charge in [-0.3, -0.25) is 4.79 Å². The number of unbranched alkanes of at least 4 members (excludes halogenated alkanes) is 1. The molecule has 1 N–H and O–H groups in total. The van der Waals surface area contributed by atoms with Crippen LogP contribution in [0.4, 0.5) is 5.13 Å². The summed E-state index contributed by atoms with van der Waals surface area (Å²) >= 11 is 7.74. The summed E-state index contributed by atoms with van der Waals surface area (Å²) in [5.41, 5.74) is 2.21. The Balaban J connectivity index is 1.09. The van der Waals surface area contributed by atoms with Crippen LogP contribution in [0.3, 0.4) is 0 Å². The van der Waals surface area contributed by atoms with Gasteiger partial charge in [-0.1, -0.05) is 24.1 Å². The molecule has 0 spiro atoms. The first-order valence-corrected chi connectivity index (χ1v) is 13.9. The third-order valence-electron chi connectivity index (χ3n) is 8.69. The predicted octanol–water partition coefficient (Wildman–Crippen LogP) is 6.19. The average Bonchev–Trinajstić information content (AvgIpc) is 3.52. The zero-order chi connectivity index (χ0) is 23.7. The van der Waals surface area contributed by atoms with Gasteiger partial charge in [-0.05, 0) is 87.3 Å². The molecule has 1 aromatic heterocycles. The second-order valence-corrected chi connectivity index (χ2v) is 11.8. The Hall–Kier alpha value is -1.92. The summed E-state index contributed by atoms with van der Waals surface area (Å²) in [7, 11) is 1.68. The number of thiazole rings is 1. The third kappa shape index (κ3) is 4.51. The van der Waals surface area contributed by atoms with Crippen LogP contribution in [0.5, 0.6) is 0 Å². The SMILES string of the molecule is CN(C(=O)c1cccc(Cl)c1)[C@H](C=O)CCCCNc1nc([C@]23CCC4CCC(CC42)C3)cs1. The number of halogens is 1. The Morgan fingerprint density at radius 2 is 2.24 bits per heavy atom. The van der Waals surface area contributed by atoms with E-state index in [1.807, 2.05) is 0 Å². The molecule has 5 rings (SSSR count). The highest BCUT2D eigenvalue weighted by Crippen LogP contribution is 2.64. The Labute approximate surface area is 211 Å². The maximum atomic E-state index is 12.7. The molecule has 0 aliphatic heterocycles. The fourth-order valence-electron chi connectivity index (χ4n) is 6.93. The maximum absolute atomic E-state index is 12.7. The average molecular weight is 500 g/mol. The van der Waals surface area contributed by atoms with E-state index in [-0.39, 0.29) is 5.91 Å². The molecule has 5 nitrogen and oxygen atoms in total. The lowest BCUT2D eigenvalue weighted by Crippen LogP contribution is -2.38. The number of benzene rings is 1. The summed E-state index contributed by atoms with van der Waals surface area (Å²) in [4.78, 5) is 30.9. The highest BCUT2D eigenvalue weighted by Gasteiger charge is 2.58. The number of likely N-dealkylation sites (N-methyl/N-ethyl adjacent to an activating group) is 1. The van der Waals surface area contributed by atoms with Gasteiger partial charge in [0.25, 0.3) is 5.91 Å². The van der Waals surface area contributed by atoms with Crippen LogP contribution in [0.1, 0.15) is 73.8 Å². The van der Waals surface area contributed by atoms with Crippen LogP contribution in [0.2, 0.25) is 5.02 Å². The second-order valence-electron chi connectivity index (χ2n) is 10.5. The molecule has 34 heavy (non-hydrogen) atoms. The largest absolute Gasteiger partial charge is 0.362 e. The van der Waals surface area contributed by atoms with Crippen molar-refractivity contribution in [3.63, 3.8) is 0 Å². The molecule has 3 saturated carbocycles. The Morgan fingerprint density at radius 1 is 1.35 bits per heavy atom. The van der Waals surface area contributed by atoms with Gasteiger partial charge in [-0.15, -0.1) is 11.3 Å². The lowest BCUT2D eigenvalue weighted by molar-refractivity contribution is -0.111. The van der Waals surface area contributed by atoms with Gasteiger partial charge in [-0.25, -0.2) is 4.98 Å². The third-order valence-corrected chi connectivity index (χ3v) is 9.72. The van der Waals surface area contributed by atoms with Gasteiger partial charge < -0.3 is 15.0 Å². The number of nitrogens with one attached hydrogen (secondary N) is 1. The van der Waals surface area contributed by atoms with Crippen molar-refractivity contribution in [3.8, 4) is 0 Å². The van der Waals surface area contributed by atoms with Gasteiger partial charge >= 0.3 is 0 Å². The number of carbonyl (C=O) groups is 2. The van der Waals surface area contributed by atoms with E-state index in [1.165, 1.54) is 49.1 Å². The molecule has 1 amide bonds. The molecule has 182 valence electrons. The second kappa shape index (κ2) is 9.98. The van der Waals surface area contributed by atoms with Crippen molar-refractivity contribution >= 4 is 40.3 Å². The van der Waals surface area contributed by atoms with Crippen LogP contribution >= 0.6 is 22.9 Å². The highest BCUT2D eigenvalue weighted by molar-refractivity contribution is 7.13. The van der Waals surface area contributed by atoms with Crippen molar-refractivity contribution in [3.05, 3.63) is 45.9 Å². The van der Waals surface area contributed by atoms with Gasteiger partial charge in [0.2, 0.25) is 0 Å². The molecule has 1 heterocycles. The van der Waals surface area contributed by atoms with Crippen molar-refractivity contribution in [2.75, 3.05) is 18.9 Å². The fraction of sp³-hybridized carbons (Fsp3) is 0.593. The van der Waals surface area contributed by atoms with Crippen molar-refractivity contribution < 1.29 is 9.59 Å². The van der Waals surface area contributed by atoms with E-state index in [4.69, 9.17) is 16.6 Å². The molecular formula is C27H34ClN3O2S. The van der Waals surface area contributed by atoms with E-state index in [0.29, 0.717) is 22.4 Å². The first kappa shape index (κ1) is 23.8. The molecule has 7 heteroatoms. The van der Waals surface area contributed by atoms with E-state index in [0.717, 1.165) is 48.6 Å². The number of amides is 1. The van der Waals surface area contributed by atoms with Crippen LogP contribution in [-0.4, -0.2) is 41.7 Å². The normalized spacial score (nSPS) is 28.0. The zero-order valence-corrected chi connectivity index (χ0v) is 21.4. The summed E-state index contributed by atoms with van der Waals surface area (Å²) in [5, 5.41) is 7.35. The molecule has 3 aliphatic rings. The van der Waals surface area contributed by atoms with E-state index in [2.05, 4.69) is 10.7 Å². The zero-order valence-electron chi connectivity index (χ0n) is 19.8. The van der Waals surface area contributed by atoms with Crippen molar-refractivity contribution in [1.82, 2.24) is 9.88 Å². The van der Waals surface area contributed by atoms with Crippen LogP contribution < -0.4 is 5.32 Å². The minimum atomic E-state index is -0.436. The van der Waals surface area contributed by atoms with Crippen LogP contribution in [-0.2, 0) is 10.2 Å². The Kier molecular flexibility index (Phi) is 6.99. The summed E-state index contributed by atoms with van der Waals surface area (Å²) in [6, 6.07) is 6.41. The number of hydrogen-bond donors (Lipinski definition) is 1. The summed E-state index contributed by atoms with van der Waals surface area (Å²) in [5.74, 6) is 2.55. The number of anilines is 1. The summed E-state index contributed by atoms with van der Waals surface area (Å²) < 4.78 is 0. The number of nitrogens with zero attached hydrogens (tertiary/aromatic N) is 2. The molecule has 1 aromatic carbocycles. The van der Waals surface area contributed by atoms with Crippen molar-refractivity contribution in [2.24, 2.45) is 17.8 Å². The fourth-order valence-corrected chi connectivity index (χ4v) is 7.97. The van der Waals surface area contributed by atoms with Gasteiger partial charge in [-0.2, -0.15) is 0 Å². The Bertz CT molecular complexity index is 1040. The lowest BCUT2D eigenvalue weighted by atomic mass is 9.75. The van der Waals surface area contributed by atoms with Crippen LogP contribution in [0, 0.1) is 17.8 Å². The minimum absolute atomic E-state index is 0.182. The number of aldehydes is 1. The molecule has 3 aliphatic carbocycles. The van der Waals surface area contributed by atoms with E-state index < -0.39 is 6.04 Å². The predicted molar refractivity (Wildman–Crippen MR) is 138 cm³/mol. The quantitative estimate of drug-likeness (QED) is 0.313. The molecule has 0 radical (unpaired) electrons. The van der Waals surface area contributed by atoms with Gasteiger partial charge in [0.15, 0.2) is 5.13 Å². The standard InChI is InChI=1S/C27H34ClN3O2S/c1-31(25(33)20-5-4-6-21(28)14-20)22(16-32)7-2-3-12-29-26-30-24(17-34-26)27-11-10-19-9-8-18(15-27)13-23(19)27/h4-6,14,16-19,22-23H,2-3,7-13,15H2,1H3,(H,29,30)/t18?,19?,22-,23?,27-/m0/s1. The molecule has 0 saturated heterocycles. The first-order chi connectivity index (χ1) is 16.5. The monoisotopic (exact) mass is 499 g/mol. The minimum Gasteiger partial charge on any atom is -0.362 e. The topological polar surface area (TPSA) is 62.3 Å². The maximum Gasteiger partial charge on any atom is 0.254 e. The number of carbonyl (C=O) groups excluding carboxylic acids is 2. The first-order valence-electron chi connectivity index (χ1n) is 12.7. The van der Waals surface area contributed by atoms with E-state index >= 15 is 0 Å². The highest BCUT2D eigenvalue weighted by atomic mass is 35.5. The number of hydrogen-bond acceptors (Lipinski definition) is 5. The van der Waals surface area contributed by atoms with Crippen molar-refractivity contribution in [1.29, 1.82) is 0 Å². The number of rotatable bonds is 10. The van der Waals surface area contributed by atoms with E-state index in [9.17, 15) is 9.59 Å². The van der Waals surface area contributed by atoms with Gasteiger partial charge in [0.05, 0.1) is 11.7 Å². The summed E-state index contributed by atoms with van der Waals surface area (Å²) in [6.07, 6.45) is 11.7. The lowest BCUT2D eigenvalue weighted by Gasteiger charge is -2.29. The number of aromatic nitrogens is 1. The van der Waals surface area contributed by atoms with Gasteiger partial charge in [0.1, 0.15) is 6.29 Å². The summed E-state index contributed by atoms with van der Waals surface area (Å²) in [6.45, 7) is 0.826. The smallest absolute Gasteiger partial charge is 0.254 e. The molecule has 3 fully saturated rings. The molecule has 2 aromatic rings. The molecule has 2 bridgehead atoms. The molecular weight excluding hydrogens is 466 g/mol. The number of fused-ring (bicyclic) bond motifs is 1.